The number of amides is 1. The summed E-state index contributed by atoms with van der Waals surface area (Å²) in [5.74, 6) is 1.54. The molecule has 11 heteroatoms. The predicted octanol–water partition coefficient (Wildman–Crippen LogP) is 0.869. The van der Waals surface area contributed by atoms with Gasteiger partial charge in [0.2, 0.25) is 11.6 Å². The van der Waals surface area contributed by atoms with E-state index < -0.39 is 17.6 Å². The lowest BCUT2D eigenvalue weighted by molar-refractivity contribution is -0.117. The number of nitrogens with one attached hydrogen (secondary N) is 1. The lowest BCUT2D eigenvalue weighted by Gasteiger charge is -2.27. The van der Waals surface area contributed by atoms with Crippen LogP contribution in [0.4, 0.5) is 11.5 Å². The molecule has 1 saturated heterocycles. The lowest BCUT2D eigenvalue weighted by Crippen LogP contribution is -2.33. The van der Waals surface area contributed by atoms with Gasteiger partial charge >= 0.3 is 11.7 Å². The van der Waals surface area contributed by atoms with E-state index in [-0.39, 0.29) is 12.1 Å². The van der Waals surface area contributed by atoms with Crippen LogP contribution in [0.1, 0.15) is 10.4 Å². The minimum absolute atomic E-state index is 0.227. The second-order valence-electron chi connectivity index (χ2n) is 6.57. The van der Waals surface area contributed by atoms with Gasteiger partial charge in [-0.2, -0.15) is 11.8 Å². The maximum absolute atomic E-state index is 12.7. The van der Waals surface area contributed by atoms with Gasteiger partial charge in [0.15, 0.2) is 5.82 Å². The third kappa shape index (κ3) is 3.88. The molecule has 3 aromatic rings. The van der Waals surface area contributed by atoms with Crippen molar-refractivity contribution < 1.29 is 14.3 Å². The molecule has 3 heterocycles. The number of hydrogen-bond acceptors (Lipinski definition) is 8. The number of benzene rings is 1. The number of carbonyl (C=O) groups is 2. The van der Waals surface area contributed by atoms with E-state index in [9.17, 15) is 14.4 Å². The number of methoxy groups -OCH3 is 1. The van der Waals surface area contributed by atoms with Crippen molar-refractivity contribution >= 4 is 40.8 Å². The van der Waals surface area contributed by atoms with Crippen molar-refractivity contribution in [1.29, 1.82) is 0 Å². The molecular weight excluding hydrogens is 408 g/mol. The molecule has 0 radical (unpaired) electrons. The first-order chi connectivity index (χ1) is 14.6. The second-order valence-corrected chi connectivity index (χ2v) is 7.79. The number of anilines is 2. The molecule has 30 heavy (non-hydrogen) atoms. The van der Waals surface area contributed by atoms with E-state index in [1.54, 1.807) is 30.5 Å². The molecule has 0 unspecified atom stereocenters. The zero-order valence-corrected chi connectivity index (χ0v) is 17.1. The average Bonchev–Trinajstić information content (AvgIpc) is 3.09. The fourth-order valence-electron chi connectivity index (χ4n) is 3.24. The third-order valence-corrected chi connectivity index (χ3v) is 5.64. The standard InChI is InChI=1S/C19H20N6O4S/c1-29-18(27)13-4-2-3-5-14(13)21-15(26)12-25-19(28)24-7-6-20-16(17(24)22-25)23-8-10-30-11-9-23/h2-7H,8-12H2,1H3,(H,21,26). The zero-order valence-electron chi connectivity index (χ0n) is 16.3. The number of thioether (sulfide) groups is 1. The Morgan fingerprint density at radius 3 is 2.77 bits per heavy atom. The van der Waals surface area contributed by atoms with Gasteiger partial charge in [-0.3, -0.25) is 4.79 Å². The van der Waals surface area contributed by atoms with Crippen LogP contribution >= 0.6 is 11.8 Å². The molecule has 0 saturated carbocycles. The highest BCUT2D eigenvalue weighted by molar-refractivity contribution is 7.99. The molecule has 10 nitrogen and oxygen atoms in total. The quantitative estimate of drug-likeness (QED) is 0.596. The summed E-state index contributed by atoms with van der Waals surface area (Å²) in [6.07, 6.45) is 3.10. The molecule has 0 bridgehead atoms. The van der Waals surface area contributed by atoms with E-state index in [4.69, 9.17) is 4.74 Å². The van der Waals surface area contributed by atoms with Crippen LogP contribution in [0, 0.1) is 0 Å². The number of ether oxygens (including phenoxy) is 1. The molecule has 1 aromatic carbocycles. The van der Waals surface area contributed by atoms with E-state index >= 15 is 0 Å². The Bertz CT molecular complexity index is 1150. The van der Waals surface area contributed by atoms with Crippen molar-refractivity contribution in [3.05, 3.63) is 52.7 Å². The number of esters is 1. The van der Waals surface area contributed by atoms with Gasteiger partial charge in [0.1, 0.15) is 6.54 Å². The highest BCUT2D eigenvalue weighted by atomic mass is 32.2. The largest absolute Gasteiger partial charge is 0.465 e. The van der Waals surface area contributed by atoms with Crippen molar-refractivity contribution in [3.63, 3.8) is 0 Å². The number of para-hydroxylation sites is 1. The lowest BCUT2D eigenvalue weighted by atomic mass is 10.2. The van der Waals surface area contributed by atoms with Crippen LogP contribution < -0.4 is 15.9 Å². The molecule has 1 aliphatic rings. The van der Waals surface area contributed by atoms with E-state index in [1.165, 1.54) is 17.7 Å². The summed E-state index contributed by atoms with van der Waals surface area (Å²) in [4.78, 5) is 43.7. The van der Waals surface area contributed by atoms with Crippen LogP contribution in [0.25, 0.3) is 5.65 Å². The van der Waals surface area contributed by atoms with Gasteiger partial charge in [0.25, 0.3) is 0 Å². The average molecular weight is 428 g/mol. The van der Waals surface area contributed by atoms with E-state index in [0.29, 0.717) is 17.2 Å². The highest BCUT2D eigenvalue weighted by Crippen LogP contribution is 2.20. The fourth-order valence-corrected chi connectivity index (χ4v) is 4.15. The minimum atomic E-state index is -0.564. The maximum Gasteiger partial charge on any atom is 0.350 e. The predicted molar refractivity (Wildman–Crippen MR) is 113 cm³/mol. The van der Waals surface area contributed by atoms with Gasteiger partial charge in [0, 0.05) is 37.0 Å². The SMILES string of the molecule is COC(=O)c1ccccc1NC(=O)Cn1nc2c(N3CCSCC3)nccn2c1=O. The fraction of sp³-hybridized carbons (Fsp3) is 0.316. The maximum atomic E-state index is 12.7. The number of aromatic nitrogens is 4. The molecule has 1 fully saturated rings. The summed E-state index contributed by atoms with van der Waals surface area (Å²) in [5, 5.41) is 6.99. The van der Waals surface area contributed by atoms with Crippen LogP contribution in [0.2, 0.25) is 0 Å². The molecule has 0 spiro atoms. The van der Waals surface area contributed by atoms with Crippen molar-refractivity contribution in [2.45, 2.75) is 6.54 Å². The second kappa shape index (κ2) is 8.57. The van der Waals surface area contributed by atoms with Gasteiger partial charge in [0.05, 0.1) is 18.4 Å². The summed E-state index contributed by atoms with van der Waals surface area (Å²) in [5.41, 5.74) is 0.512. The summed E-state index contributed by atoms with van der Waals surface area (Å²) in [6, 6.07) is 6.50. The van der Waals surface area contributed by atoms with E-state index in [0.717, 1.165) is 29.3 Å². The molecule has 1 amide bonds. The van der Waals surface area contributed by atoms with Crippen molar-refractivity contribution in [2.24, 2.45) is 0 Å². The van der Waals surface area contributed by atoms with Crippen molar-refractivity contribution in [3.8, 4) is 0 Å². The molecular formula is C19H20N6O4S. The van der Waals surface area contributed by atoms with Crippen LogP contribution in [-0.4, -0.2) is 62.7 Å². The zero-order chi connectivity index (χ0) is 21.1. The van der Waals surface area contributed by atoms with Crippen LogP contribution in [0.5, 0.6) is 0 Å². The normalized spacial score (nSPS) is 14.0. The van der Waals surface area contributed by atoms with Crippen LogP contribution in [-0.2, 0) is 16.1 Å². The molecule has 0 atom stereocenters. The van der Waals surface area contributed by atoms with Gasteiger partial charge in [-0.25, -0.2) is 23.7 Å². The Morgan fingerprint density at radius 1 is 1.23 bits per heavy atom. The number of fused-ring (bicyclic) bond motifs is 1. The highest BCUT2D eigenvalue weighted by Gasteiger charge is 2.20. The monoisotopic (exact) mass is 428 g/mol. The van der Waals surface area contributed by atoms with Crippen LogP contribution in [0.15, 0.2) is 41.5 Å². The topological polar surface area (TPSA) is 111 Å². The van der Waals surface area contributed by atoms with Crippen molar-refractivity contribution in [1.82, 2.24) is 19.2 Å². The van der Waals surface area contributed by atoms with Gasteiger partial charge in [-0.1, -0.05) is 12.1 Å². The third-order valence-electron chi connectivity index (χ3n) is 4.69. The van der Waals surface area contributed by atoms with E-state index in [1.807, 2.05) is 11.8 Å². The summed E-state index contributed by atoms with van der Waals surface area (Å²) >= 11 is 1.87. The molecule has 4 rings (SSSR count). The Morgan fingerprint density at radius 2 is 2.00 bits per heavy atom. The number of carbonyl (C=O) groups excluding carboxylic acids is 2. The van der Waals surface area contributed by atoms with Crippen LogP contribution in [0.3, 0.4) is 0 Å². The van der Waals surface area contributed by atoms with Crippen molar-refractivity contribution in [2.75, 3.05) is 41.9 Å². The first-order valence-electron chi connectivity index (χ1n) is 9.32. The Hall–Kier alpha value is -3.34. The Kier molecular flexibility index (Phi) is 5.70. The Labute approximate surface area is 175 Å². The van der Waals surface area contributed by atoms with Gasteiger partial charge in [-0.15, -0.1) is 5.10 Å². The van der Waals surface area contributed by atoms with E-state index in [2.05, 4.69) is 20.3 Å². The smallest absolute Gasteiger partial charge is 0.350 e. The summed E-state index contributed by atoms with van der Waals surface area (Å²) in [7, 11) is 1.27. The van der Waals surface area contributed by atoms with Gasteiger partial charge < -0.3 is 15.0 Å². The molecule has 0 aliphatic carbocycles. The summed E-state index contributed by atoms with van der Waals surface area (Å²) < 4.78 is 7.21. The number of nitrogens with zero attached hydrogens (tertiary/aromatic N) is 5. The molecule has 1 aliphatic heterocycles. The first kappa shape index (κ1) is 20.0. The first-order valence-corrected chi connectivity index (χ1v) is 10.5. The summed E-state index contributed by atoms with van der Waals surface area (Å²) in [6.45, 7) is 1.34. The Balaban J connectivity index is 1.59. The minimum Gasteiger partial charge on any atom is -0.465 e. The molecule has 156 valence electrons. The number of rotatable bonds is 5. The number of hydrogen-bond donors (Lipinski definition) is 1. The van der Waals surface area contributed by atoms with Gasteiger partial charge in [-0.05, 0) is 12.1 Å². The molecule has 1 N–H and O–H groups in total. The molecule has 2 aromatic heterocycles.